The molecule has 0 aliphatic carbocycles. The van der Waals surface area contributed by atoms with Gasteiger partial charge in [-0.1, -0.05) is 50.6 Å². The smallest absolute Gasteiger partial charge is 0.0218 e. The van der Waals surface area contributed by atoms with Gasteiger partial charge in [0.15, 0.2) is 0 Å². The fourth-order valence-electron chi connectivity index (χ4n) is 3.15. The minimum atomic E-state index is 0.648. The quantitative estimate of drug-likeness (QED) is 0.886. The topological polar surface area (TPSA) is 15.3 Å². The second kappa shape index (κ2) is 7.24. The Balaban J connectivity index is 1.94. The molecule has 20 heavy (non-hydrogen) atoms. The largest absolute Gasteiger partial charge is 0.311 e. The molecule has 1 N–H and O–H groups in total. The molecule has 0 saturated carbocycles. The molecule has 2 rings (SSSR count). The summed E-state index contributed by atoms with van der Waals surface area (Å²) in [7, 11) is 0. The number of aryl methyl sites for hydroxylation is 1. The van der Waals surface area contributed by atoms with Crippen molar-refractivity contribution in [2.75, 3.05) is 19.6 Å². The van der Waals surface area contributed by atoms with E-state index >= 15 is 0 Å². The van der Waals surface area contributed by atoms with Crippen LogP contribution in [0.5, 0.6) is 0 Å². The molecular weight excluding hydrogens is 244 g/mol. The average Bonchev–Trinajstić information content (AvgIpc) is 2.44. The van der Waals surface area contributed by atoms with Crippen molar-refractivity contribution in [3.63, 3.8) is 0 Å². The monoisotopic (exact) mass is 274 g/mol. The molecule has 2 atom stereocenters. The summed E-state index contributed by atoms with van der Waals surface area (Å²) in [5.41, 5.74) is 2.84. The van der Waals surface area contributed by atoms with E-state index in [4.69, 9.17) is 0 Å². The van der Waals surface area contributed by atoms with Crippen molar-refractivity contribution < 1.29 is 0 Å². The first-order chi connectivity index (χ1) is 9.60. The molecule has 2 nitrogen and oxygen atoms in total. The molecule has 1 heterocycles. The van der Waals surface area contributed by atoms with Gasteiger partial charge >= 0.3 is 0 Å². The van der Waals surface area contributed by atoms with Gasteiger partial charge in [0.25, 0.3) is 0 Å². The second-order valence-corrected chi connectivity index (χ2v) is 6.55. The first-order valence-electron chi connectivity index (χ1n) is 8.13. The van der Waals surface area contributed by atoms with Crippen LogP contribution in [0.2, 0.25) is 0 Å². The average molecular weight is 274 g/mol. The molecule has 112 valence electrons. The van der Waals surface area contributed by atoms with Crippen LogP contribution in [-0.2, 0) is 6.42 Å². The summed E-state index contributed by atoms with van der Waals surface area (Å²) < 4.78 is 0. The van der Waals surface area contributed by atoms with Gasteiger partial charge < -0.3 is 5.32 Å². The Morgan fingerprint density at radius 1 is 1.35 bits per heavy atom. The maximum Gasteiger partial charge on any atom is 0.0218 e. The fourth-order valence-corrected chi connectivity index (χ4v) is 3.15. The van der Waals surface area contributed by atoms with E-state index < -0.39 is 0 Å². The minimum absolute atomic E-state index is 0.648. The Labute approximate surface area is 124 Å². The van der Waals surface area contributed by atoms with Crippen molar-refractivity contribution in [1.82, 2.24) is 10.2 Å². The number of nitrogens with one attached hydrogen (secondary N) is 1. The molecule has 0 amide bonds. The second-order valence-electron chi connectivity index (χ2n) is 6.55. The predicted molar refractivity (Wildman–Crippen MR) is 87.2 cm³/mol. The van der Waals surface area contributed by atoms with Crippen LogP contribution in [0.4, 0.5) is 0 Å². The van der Waals surface area contributed by atoms with Crippen molar-refractivity contribution in [2.45, 2.75) is 52.6 Å². The van der Waals surface area contributed by atoms with E-state index in [2.05, 4.69) is 62.2 Å². The number of hydrogen-bond donors (Lipinski definition) is 1. The number of piperazine rings is 1. The Bertz CT molecular complexity index is 414. The first-order valence-corrected chi connectivity index (χ1v) is 8.13. The Morgan fingerprint density at radius 2 is 2.15 bits per heavy atom. The van der Waals surface area contributed by atoms with Gasteiger partial charge in [-0.05, 0) is 31.2 Å². The van der Waals surface area contributed by atoms with Crippen LogP contribution in [0, 0.1) is 12.8 Å². The third kappa shape index (κ3) is 4.07. The molecule has 0 radical (unpaired) electrons. The SMILES string of the molecule is CCC1CNC(C(C)C)CN1CCc1cccc(C)c1. The van der Waals surface area contributed by atoms with Crippen molar-refractivity contribution >= 4 is 0 Å². The molecule has 0 spiro atoms. The third-order valence-corrected chi connectivity index (χ3v) is 4.61. The lowest BCUT2D eigenvalue weighted by molar-refractivity contribution is 0.112. The number of nitrogens with zero attached hydrogens (tertiary/aromatic N) is 1. The fraction of sp³-hybridized carbons (Fsp3) is 0.667. The molecule has 1 aliphatic rings. The predicted octanol–water partition coefficient (Wildman–Crippen LogP) is 3.25. The van der Waals surface area contributed by atoms with E-state index in [-0.39, 0.29) is 0 Å². The van der Waals surface area contributed by atoms with E-state index in [0.29, 0.717) is 18.0 Å². The van der Waals surface area contributed by atoms with Crippen molar-refractivity contribution in [3.05, 3.63) is 35.4 Å². The van der Waals surface area contributed by atoms with Crippen molar-refractivity contribution in [1.29, 1.82) is 0 Å². The Hall–Kier alpha value is -0.860. The molecule has 1 saturated heterocycles. The van der Waals surface area contributed by atoms with Crippen LogP contribution in [-0.4, -0.2) is 36.6 Å². The third-order valence-electron chi connectivity index (χ3n) is 4.61. The molecule has 1 aromatic rings. The van der Waals surface area contributed by atoms with Crippen LogP contribution in [0.25, 0.3) is 0 Å². The number of hydrogen-bond acceptors (Lipinski definition) is 2. The summed E-state index contributed by atoms with van der Waals surface area (Å²) in [6.07, 6.45) is 2.41. The lowest BCUT2D eigenvalue weighted by atomic mass is 9.98. The Morgan fingerprint density at radius 3 is 2.80 bits per heavy atom. The van der Waals surface area contributed by atoms with Crippen LogP contribution >= 0.6 is 0 Å². The van der Waals surface area contributed by atoms with E-state index in [1.54, 1.807) is 0 Å². The molecule has 0 bridgehead atoms. The maximum atomic E-state index is 3.72. The molecule has 0 aromatic heterocycles. The van der Waals surface area contributed by atoms with Crippen LogP contribution in [0.3, 0.4) is 0 Å². The summed E-state index contributed by atoms with van der Waals surface area (Å²) in [6, 6.07) is 10.3. The molecular formula is C18H30N2. The van der Waals surface area contributed by atoms with Crippen molar-refractivity contribution in [3.8, 4) is 0 Å². The van der Waals surface area contributed by atoms with Crippen LogP contribution in [0.15, 0.2) is 24.3 Å². The van der Waals surface area contributed by atoms with Gasteiger partial charge in [0, 0.05) is 31.7 Å². The van der Waals surface area contributed by atoms with E-state index in [1.807, 2.05) is 0 Å². The lowest BCUT2D eigenvalue weighted by Gasteiger charge is -2.41. The summed E-state index contributed by atoms with van der Waals surface area (Å²) in [4.78, 5) is 2.70. The first kappa shape index (κ1) is 15.5. The summed E-state index contributed by atoms with van der Waals surface area (Å²) >= 11 is 0. The molecule has 2 heteroatoms. The van der Waals surface area contributed by atoms with Crippen molar-refractivity contribution in [2.24, 2.45) is 5.92 Å². The highest BCUT2D eigenvalue weighted by atomic mass is 15.2. The van der Waals surface area contributed by atoms with Gasteiger partial charge in [0.05, 0.1) is 0 Å². The van der Waals surface area contributed by atoms with Gasteiger partial charge in [0.1, 0.15) is 0 Å². The van der Waals surface area contributed by atoms with Gasteiger partial charge in [-0.2, -0.15) is 0 Å². The zero-order chi connectivity index (χ0) is 14.5. The lowest BCUT2D eigenvalue weighted by Crippen LogP contribution is -2.58. The van der Waals surface area contributed by atoms with Gasteiger partial charge in [-0.25, -0.2) is 0 Å². The highest BCUT2D eigenvalue weighted by Crippen LogP contribution is 2.16. The highest BCUT2D eigenvalue weighted by molar-refractivity contribution is 5.22. The standard InChI is InChI=1S/C18H30N2/c1-5-17-12-19-18(14(2)3)13-20(17)10-9-16-8-6-7-15(4)11-16/h6-8,11,14,17-19H,5,9-10,12-13H2,1-4H3. The summed E-state index contributed by atoms with van der Waals surface area (Å²) in [6.45, 7) is 12.7. The Kier molecular flexibility index (Phi) is 5.62. The van der Waals surface area contributed by atoms with Gasteiger partial charge in [-0.15, -0.1) is 0 Å². The zero-order valence-corrected chi connectivity index (χ0v) is 13.5. The molecule has 2 unspecified atom stereocenters. The molecule has 1 fully saturated rings. The highest BCUT2D eigenvalue weighted by Gasteiger charge is 2.27. The van der Waals surface area contributed by atoms with Crippen LogP contribution < -0.4 is 5.32 Å². The van der Waals surface area contributed by atoms with E-state index in [1.165, 1.54) is 37.1 Å². The van der Waals surface area contributed by atoms with Gasteiger partial charge in [-0.3, -0.25) is 4.90 Å². The normalized spacial score (nSPS) is 24.2. The summed E-state index contributed by atoms with van der Waals surface area (Å²) in [5, 5.41) is 3.72. The maximum absolute atomic E-state index is 3.72. The summed E-state index contributed by atoms with van der Waals surface area (Å²) in [5.74, 6) is 0.717. The zero-order valence-electron chi connectivity index (χ0n) is 13.5. The van der Waals surface area contributed by atoms with Gasteiger partial charge in [0.2, 0.25) is 0 Å². The number of rotatable bonds is 5. The minimum Gasteiger partial charge on any atom is -0.311 e. The van der Waals surface area contributed by atoms with E-state index in [0.717, 1.165) is 6.54 Å². The molecule has 1 aliphatic heterocycles. The number of benzene rings is 1. The molecule has 1 aromatic carbocycles. The van der Waals surface area contributed by atoms with Crippen LogP contribution in [0.1, 0.15) is 38.3 Å². The van der Waals surface area contributed by atoms with E-state index in [9.17, 15) is 0 Å².